The number of rotatable bonds is 9. The second-order valence-corrected chi connectivity index (χ2v) is 6.78. The molecule has 0 aliphatic carbocycles. The minimum Gasteiger partial charge on any atom is -0.455 e. The first kappa shape index (κ1) is 19.8. The van der Waals surface area contributed by atoms with E-state index in [0.717, 1.165) is 24.3 Å². The summed E-state index contributed by atoms with van der Waals surface area (Å²) in [5.41, 5.74) is 2.20. The lowest BCUT2D eigenvalue weighted by Gasteiger charge is -2.21. The average molecular weight is 380 g/mol. The first-order valence-corrected chi connectivity index (χ1v) is 9.51. The Morgan fingerprint density at radius 3 is 2.29 bits per heavy atom. The molecular weight excluding hydrogens is 355 g/mol. The Balaban J connectivity index is 1.72. The van der Waals surface area contributed by atoms with E-state index in [2.05, 4.69) is 22.3 Å². The Bertz CT molecular complexity index is 875. The number of carbonyl (C=O) groups excluding carboxylic acids is 1. The van der Waals surface area contributed by atoms with Crippen LogP contribution < -0.4 is 5.32 Å². The van der Waals surface area contributed by atoms with Crippen LogP contribution in [0.25, 0.3) is 0 Å². The molecule has 0 radical (unpaired) electrons. The van der Waals surface area contributed by atoms with Crippen LogP contribution in [0.4, 0.5) is 4.39 Å². The molecule has 0 saturated carbocycles. The van der Waals surface area contributed by atoms with Gasteiger partial charge in [-0.05, 0) is 41.8 Å². The van der Waals surface area contributed by atoms with Gasteiger partial charge < -0.3 is 9.73 Å². The number of nitrogens with one attached hydrogen (secondary N) is 1. The van der Waals surface area contributed by atoms with Crippen LogP contribution in [-0.4, -0.2) is 17.4 Å². The van der Waals surface area contributed by atoms with E-state index in [1.807, 2.05) is 31.2 Å². The summed E-state index contributed by atoms with van der Waals surface area (Å²) in [6.07, 6.45) is 0.877. The molecule has 0 saturated heterocycles. The molecule has 1 N–H and O–H groups in total. The first-order chi connectivity index (χ1) is 13.6. The number of nitrogens with zero attached hydrogens (tertiary/aromatic N) is 1. The molecular formula is C23H25FN2O2. The number of halogens is 1. The summed E-state index contributed by atoms with van der Waals surface area (Å²) in [6.45, 7) is 4.54. The van der Waals surface area contributed by atoms with Gasteiger partial charge in [0.15, 0.2) is 5.76 Å². The van der Waals surface area contributed by atoms with Crippen molar-refractivity contribution in [2.75, 3.05) is 6.54 Å². The van der Waals surface area contributed by atoms with E-state index in [-0.39, 0.29) is 11.7 Å². The van der Waals surface area contributed by atoms with Gasteiger partial charge in [-0.15, -0.1) is 0 Å². The molecule has 28 heavy (non-hydrogen) atoms. The van der Waals surface area contributed by atoms with Gasteiger partial charge in [-0.2, -0.15) is 0 Å². The van der Waals surface area contributed by atoms with Crippen LogP contribution in [0.2, 0.25) is 0 Å². The lowest BCUT2D eigenvalue weighted by Crippen LogP contribution is -2.23. The highest BCUT2D eigenvalue weighted by Crippen LogP contribution is 2.16. The Labute approximate surface area is 165 Å². The van der Waals surface area contributed by atoms with Crippen molar-refractivity contribution in [1.29, 1.82) is 0 Å². The van der Waals surface area contributed by atoms with E-state index in [0.29, 0.717) is 25.4 Å². The molecule has 3 aromatic rings. The maximum absolute atomic E-state index is 13.2. The molecule has 4 nitrogen and oxygen atoms in total. The summed E-state index contributed by atoms with van der Waals surface area (Å²) in [6, 6.07) is 20.2. The van der Waals surface area contributed by atoms with Crippen molar-refractivity contribution >= 4 is 5.91 Å². The Kier molecular flexibility index (Phi) is 6.98. The molecule has 0 bridgehead atoms. The van der Waals surface area contributed by atoms with Crippen LogP contribution in [0.3, 0.4) is 0 Å². The first-order valence-electron chi connectivity index (χ1n) is 9.51. The summed E-state index contributed by atoms with van der Waals surface area (Å²) in [7, 11) is 0. The van der Waals surface area contributed by atoms with E-state index in [1.165, 1.54) is 17.7 Å². The highest BCUT2D eigenvalue weighted by atomic mass is 19.1. The van der Waals surface area contributed by atoms with Crippen LogP contribution >= 0.6 is 0 Å². The second-order valence-electron chi connectivity index (χ2n) is 6.78. The molecule has 0 fully saturated rings. The topological polar surface area (TPSA) is 45.5 Å². The van der Waals surface area contributed by atoms with Gasteiger partial charge in [0.05, 0.1) is 6.54 Å². The molecule has 3 rings (SSSR count). The van der Waals surface area contributed by atoms with Crippen molar-refractivity contribution in [1.82, 2.24) is 10.2 Å². The molecule has 0 aliphatic rings. The van der Waals surface area contributed by atoms with Crippen molar-refractivity contribution in [3.8, 4) is 0 Å². The number of benzene rings is 2. The van der Waals surface area contributed by atoms with Gasteiger partial charge in [-0.25, -0.2) is 4.39 Å². The number of furan rings is 1. The van der Waals surface area contributed by atoms with Gasteiger partial charge in [0.1, 0.15) is 11.6 Å². The van der Waals surface area contributed by atoms with Gasteiger partial charge in [0.25, 0.3) is 5.91 Å². The molecule has 1 aromatic heterocycles. The fourth-order valence-corrected chi connectivity index (χ4v) is 2.99. The fraction of sp³-hybridized carbons (Fsp3) is 0.261. The lowest BCUT2D eigenvalue weighted by atomic mass is 10.1. The maximum atomic E-state index is 13.2. The van der Waals surface area contributed by atoms with Crippen molar-refractivity contribution < 1.29 is 13.6 Å². The minimum atomic E-state index is -0.243. The van der Waals surface area contributed by atoms with E-state index in [9.17, 15) is 9.18 Å². The molecule has 1 heterocycles. The summed E-state index contributed by atoms with van der Waals surface area (Å²) in [5, 5.41) is 2.82. The van der Waals surface area contributed by atoms with Crippen LogP contribution in [0.5, 0.6) is 0 Å². The average Bonchev–Trinajstić information content (AvgIpc) is 3.17. The van der Waals surface area contributed by atoms with E-state index >= 15 is 0 Å². The van der Waals surface area contributed by atoms with Gasteiger partial charge in [-0.1, -0.05) is 49.4 Å². The third-order valence-corrected chi connectivity index (χ3v) is 4.37. The van der Waals surface area contributed by atoms with Crippen molar-refractivity contribution in [3.63, 3.8) is 0 Å². The minimum absolute atomic E-state index is 0.193. The third kappa shape index (κ3) is 5.79. The van der Waals surface area contributed by atoms with Crippen molar-refractivity contribution in [3.05, 3.63) is 95.2 Å². The maximum Gasteiger partial charge on any atom is 0.286 e. The lowest BCUT2D eigenvalue weighted by molar-refractivity contribution is 0.0921. The smallest absolute Gasteiger partial charge is 0.286 e. The summed E-state index contributed by atoms with van der Waals surface area (Å²) < 4.78 is 19.0. The quantitative estimate of drug-likeness (QED) is 0.582. The monoisotopic (exact) mass is 380 g/mol. The number of carbonyl (C=O) groups is 1. The fourth-order valence-electron chi connectivity index (χ4n) is 2.99. The Morgan fingerprint density at radius 1 is 0.929 bits per heavy atom. The Hall–Kier alpha value is -2.92. The standard InChI is InChI=1S/C23H25FN2O2/c1-2-14-25-23(27)22-13-12-21(28-22)17-26(15-18-6-4-3-5-7-18)16-19-8-10-20(24)11-9-19/h3-13H,2,14-17H2,1H3,(H,25,27). The molecule has 0 spiro atoms. The molecule has 0 aliphatic heterocycles. The number of amides is 1. The molecule has 5 heteroatoms. The van der Waals surface area contributed by atoms with Gasteiger partial charge in [0.2, 0.25) is 0 Å². The zero-order valence-corrected chi connectivity index (χ0v) is 16.0. The van der Waals surface area contributed by atoms with Crippen LogP contribution in [0.1, 0.15) is 40.8 Å². The molecule has 0 atom stereocenters. The van der Waals surface area contributed by atoms with Gasteiger partial charge in [0, 0.05) is 19.6 Å². The highest BCUT2D eigenvalue weighted by Gasteiger charge is 2.14. The van der Waals surface area contributed by atoms with Crippen molar-refractivity contribution in [2.24, 2.45) is 0 Å². The van der Waals surface area contributed by atoms with Crippen LogP contribution in [-0.2, 0) is 19.6 Å². The molecule has 1 amide bonds. The number of hydrogen-bond acceptors (Lipinski definition) is 3. The predicted molar refractivity (Wildman–Crippen MR) is 107 cm³/mol. The predicted octanol–water partition coefficient (Wildman–Crippen LogP) is 4.76. The normalized spacial score (nSPS) is 11.0. The summed E-state index contributed by atoms with van der Waals surface area (Å²) in [4.78, 5) is 14.3. The molecule has 0 unspecified atom stereocenters. The SMILES string of the molecule is CCCNC(=O)c1ccc(CN(Cc2ccccc2)Cc2ccc(F)cc2)o1. The van der Waals surface area contributed by atoms with E-state index < -0.39 is 0 Å². The number of hydrogen-bond donors (Lipinski definition) is 1. The zero-order valence-electron chi connectivity index (χ0n) is 16.0. The van der Waals surface area contributed by atoms with Gasteiger partial charge >= 0.3 is 0 Å². The summed E-state index contributed by atoms with van der Waals surface area (Å²) >= 11 is 0. The van der Waals surface area contributed by atoms with Crippen LogP contribution in [0.15, 0.2) is 71.1 Å². The van der Waals surface area contributed by atoms with Gasteiger partial charge in [-0.3, -0.25) is 9.69 Å². The second kappa shape index (κ2) is 9.85. The van der Waals surface area contributed by atoms with Crippen molar-refractivity contribution in [2.45, 2.75) is 33.0 Å². The van der Waals surface area contributed by atoms with Crippen LogP contribution in [0, 0.1) is 5.82 Å². The molecule has 146 valence electrons. The zero-order chi connectivity index (χ0) is 19.8. The van der Waals surface area contributed by atoms with E-state index in [1.54, 1.807) is 18.2 Å². The van der Waals surface area contributed by atoms with E-state index in [4.69, 9.17) is 4.42 Å². The highest BCUT2D eigenvalue weighted by molar-refractivity contribution is 5.91. The molecule has 2 aromatic carbocycles. The summed E-state index contributed by atoms with van der Waals surface area (Å²) in [5.74, 6) is 0.609. The Morgan fingerprint density at radius 2 is 1.61 bits per heavy atom. The largest absolute Gasteiger partial charge is 0.455 e. The third-order valence-electron chi connectivity index (χ3n) is 4.37.